The SMILES string of the molecule is C=C(C)C(=O)N1CCN(c2ccc(-c3cc(OCCN(C)C)cn4ncc(C#N)c34)cn2)CC1. The van der Waals surface area contributed by atoms with E-state index >= 15 is 0 Å². The third kappa shape index (κ3) is 4.87. The Hall–Kier alpha value is -3.90. The van der Waals surface area contributed by atoms with Gasteiger partial charge in [0, 0.05) is 55.6 Å². The van der Waals surface area contributed by atoms with Crippen molar-refractivity contribution in [3.05, 3.63) is 54.5 Å². The molecule has 3 aromatic rings. The van der Waals surface area contributed by atoms with Crippen LogP contribution in [0, 0.1) is 11.3 Å². The summed E-state index contributed by atoms with van der Waals surface area (Å²) in [4.78, 5) is 22.9. The number of ether oxygens (including phenoxy) is 1. The second kappa shape index (κ2) is 9.93. The summed E-state index contributed by atoms with van der Waals surface area (Å²) in [5.74, 6) is 1.54. The van der Waals surface area contributed by atoms with Crippen LogP contribution in [-0.2, 0) is 4.79 Å². The Bertz CT molecular complexity index is 1230. The molecular weight excluding hydrogens is 430 g/mol. The molecule has 176 valence electrons. The predicted molar refractivity (Wildman–Crippen MR) is 131 cm³/mol. The van der Waals surface area contributed by atoms with Crippen molar-refractivity contribution >= 4 is 17.2 Å². The number of carbonyl (C=O) groups excluding carboxylic acids is 1. The maximum Gasteiger partial charge on any atom is 0.249 e. The minimum absolute atomic E-state index is 0.00811. The molecule has 4 heterocycles. The number of rotatable bonds is 7. The molecule has 1 fully saturated rings. The van der Waals surface area contributed by atoms with Gasteiger partial charge in [0.2, 0.25) is 5.91 Å². The summed E-state index contributed by atoms with van der Waals surface area (Å²) in [6, 6.07) is 8.14. The molecule has 3 aromatic heterocycles. The van der Waals surface area contributed by atoms with Gasteiger partial charge in [0.15, 0.2) is 0 Å². The Morgan fingerprint density at radius 1 is 1.24 bits per heavy atom. The Balaban J connectivity index is 1.57. The van der Waals surface area contributed by atoms with Crippen LogP contribution in [0.25, 0.3) is 16.6 Å². The molecule has 34 heavy (non-hydrogen) atoms. The molecule has 1 saturated heterocycles. The Morgan fingerprint density at radius 2 is 2.00 bits per heavy atom. The summed E-state index contributed by atoms with van der Waals surface area (Å²) in [6.07, 6.45) is 5.17. The van der Waals surface area contributed by atoms with Crippen LogP contribution in [0.2, 0.25) is 0 Å². The van der Waals surface area contributed by atoms with E-state index in [1.165, 1.54) is 0 Å². The van der Waals surface area contributed by atoms with Gasteiger partial charge in [0.05, 0.1) is 23.5 Å². The topological polar surface area (TPSA) is 90.0 Å². The standard InChI is InChI=1S/C25H29N7O2/c1-18(2)25(33)31-9-7-30(8-10-31)23-6-5-19(15-27-23)22-13-21(34-12-11-29(3)4)17-32-24(22)20(14-26)16-28-32/h5-6,13,15-17H,1,7-12H2,2-4H3. The number of nitriles is 1. The minimum Gasteiger partial charge on any atom is -0.491 e. The largest absolute Gasteiger partial charge is 0.491 e. The van der Waals surface area contributed by atoms with Crippen molar-refractivity contribution in [2.24, 2.45) is 0 Å². The first-order chi connectivity index (χ1) is 16.4. The molecule has 0 unspecified atom stereocenters. The number of hydrogen-bond acceptors (Lipinski definition) is 7. The van der Waals surface area contributed by atoms with Crippen LogP contribution in [0.15, 0.2) is 48.9 Å². The summed E-state index contributed by atoms with van der Waals surface area (Å²) >= 11 is 0. The molecule has 1 aliphatic heterocycles. The zero-order valence-corrected chi connectivity index (χ0v) is 19.9. The van der Waals surface area contributed by atoms with Gasteiger partial charge in [-0.05, 0) is 39.2 Å². The third-order valence-electron chi connectivity index (χ3n) is 5.83. The lowest BCUT2D eigenvalue weighted by atomic mass is 10.1. The van der Waals surface area contributed by atoms with Crippen molar-refractivity contribution in [2.45, 2.75) is 6.92 Å². The van der Waals surface area contributed by atoms with E-state index in [0.29, 0.717) is 49.7 Å². The van der Waals surface area contributed by atoms with Crippen LogP contribution in [0.1, 0.15) is 12.5 Å². The average molecular weight is 460 g/mol. The van der Waals surface area contributed by atoms with Gasteiger partial charge in [-0.2, -0.15) is 10.4 Å². The van der Waals surface area contributed by atoms with Gasteiger partial charge < -0.3 is 19.4 Å². The fraction of sp³-hybridized carbons (Fsp3) is 0.360. The molecular formula is C25H29N7O2. The molecule has 0 aliphatic carbocycles. The second-order valence-electron chi connectivity index (χ2n) is 8.67. The number of nitrogens with zero attached hydrogens (tertiary/aromatic N) is 7. The summed E-state index contributed by atoms with van der Waals surface area (Å²) in [6.45, 7) is 9.54. The molecule has 0 radical (unpaired) electrons. The van der Waals surface area contributed by atoms with Gasteiger partial charge >= 0.3 is 0 Å². The first-order valence-electron chi connectivity index (χ1n) is 11.2. The van der Waals surface area contributed by atoms with E-state index in [0.717, 1.165) is 29.0 Å². The first-order valence-corrected chi connectivity index (χ1v) is 11.2. The molecule has 0 bridgehead atoms. The number of hydrogen-bond donors (Lipinski definition) is 0. The number of pyridine rings is 2. The predicted octanol–water partition coefficient (Wildman–Crippen LogP) is 2.43. The van der Waals surface area contributed by atoms with Crippen molar-refractivity contribution < 1.29 is 9.53 Å². The molecule has 9 heteroatoms. The molecule has 0 N–H and O–H groups in total. The zero-order valence-electron chi connectivity index (χ0n) is 19.9. The van der Waals surface area contributed by atoms with Crippen LogP contribution in [0.4, 0.5) is 5.82 Å². The van der Waals surface area contributed by atoms with Crippen molar-refractivity contribution in [2.75, 3.05) is 58.3 Å². The fourth-order valence-corrected chi connectivity index (χ4v) is 3.96. The number of fused-ring (bicyclic) bond motifs is 1. The van der Waals surface area contributed by atoms with E-state index in [1.807, 2.05) is 43.4 Å². The summed E-state index contributed by atoms with van der Waals surface area (Å²) in [7, 11) is 3.99. The molecule has 0 aromatic carbocycles. The molecule has 0 atom stereocenters. The molecule has 0 saturated carbocycles. The highest BCUT2D eigenvalue weighted by atomic mass is 16.5. The number of amides is 1. The number of carbonyl (C=O) groups is 1. The van der Waals surface area contributed by atoms with Crippen LogP contribution in [0.3, 0.4) is 0 Å². The average Bonchev–Trinajstić information content (AvgIpc) is 3.26. The lowest BCUT2D eigenvalue weighted by molar-refractivity contribution is -0.127. The van der Waals surface area contributed by atoms with Gasteiger partial charge in [0.25, 0.3) is 0 Å². The number of anilines is 1. The van der Waals surface area contributed by atoms with E-state index < -0.39 is 0 Å². The molecule has 9 nitrogen and oxygen atoms in total. The van der Waals surface area contributed by atoms with Gasteiger partial charge in [-0.3, -0.25) is 4.79 Å². The highest BCUT2D eigenvalue weighted by Gasteiger charge is 2.22. The van der Waals surface area contributed by atoms with E-state index in [-0.39, 0.29) is 5.91 Å². The highest BCUT2D eigenvalue weighted by Crippen LogP contribution is 2.31. The van der Waals surface area contributed by atoms with E-state index in [4.69, 9.17) is 9.72 Å². The van der Waals surface area contributed by atoms with Crippen molar-refractivity contribution in [3.63, 3.8) is 0 Å². The van der Waals surface area contributed by atoms with Crippen LogP contribution >= 0.6 is 0 Å². The summed E-state index contributed by atoms with van der Waals surface area (Å²) in [5.41, 5.74) is 3.50. The van der Waals surface area contributed by atoms with Crippen LogP contribution in [0.5, 0.6) is 5.75 Å². The highest BCUT2D eigenvalue weighted by molar-refractivity contribution is 5.92. The van der Waals surface area contributed by atoms with Crippen molar-refractivity contribution in [3.8, 4) is 22.9 Å². The monoisotopic (exact) mass is 459 g/mol. The quantitative estimate of drug-likeness (QED) is 0.501. The summed E-state index contributed by atoms with van der Waals surface area (Å²) in [5, 5.41) is 13.9. The zero-order chi connectivity index (χ0) is 24.2. The Labute approximate surface area is 199 Å². The third-order valence-corrected chi connectivity index (χ3v) is 5.83. The van der Waals surface area contributed by atoms with E-state index in [9.17, 15) is 10.1 Å². The lowest BCUT2D eigenvalue weighted by Crippen LogP contribution is -2.49. The van der Waals surface area contributed by atoms with Crippen LogP contribution < -0.4 is 9.64 Å². The minimum atomic E-state index is 0.00811. The van der Waals surface area contributed by atoms with Gasteiger partial charge in [-0.1, -0.05) is 6.58 Å². The molecule has 1 aliphatic rings. The summed E-state index contributed by atoms with van der Waals surface area (Å²) < 4.78 is 7.63. The smallest absolute Gasteiger partial charge is 0.249 e. The Kier molecular flexibility index (Phi) is 6.80. The normalized spacial score (nSPS) is 13.9. The van der Waals surface area contributed by atoms with Crippen LogP contribution in [-0.4, -0.2) is 83.7 Å². The second-order valence-corrected chi connectivity index (χ2v) is 8.67. The van der Waals surface area contributed by atoms with E-state index in [2.05, 4.69) is 27.5 Å². The van der Waals surface area contributed by atoms with Gasteiger partial charge in [-0.25, -0.2) is 9.50 Å². The molecule has 0 spiro atoms. The number of likely N-dealkylation sites (N-methyl/N-ethyl adjacent to an activating group) is 1. The van der Waals surface area contributed by atoms with Crippen molar-refractivity contribution in [1.29, 1.82) is 5.26 Å². The lowest BCUT2D eigenvalue weighted by Gasteiger charge is -2.35. The number of aromatic nitrogens is 3. The maximum absolute atomic E-state index is 12.2. The fourth-order valence-electron chi connectivity index (χ4n) is 3.96. The first kappa shape index (κ1) is 23.3. The maximum atomic E-state index is 12.2. The number of piperazine rings is 1. The van der Waals surface area contributed by atoms with E-state index in [1.54, 1.807) is 23.8 Å². The van der Waals surface area contributed by atoms with Gasteiger partial charge in [-0.15, -0.1) is 0 Å². The molecule has 1 amide bonds. The molecule has 4 rings (SSSR count). The van der Waals surface area contributed by atoms with Gasteiger partial charge in [0.1, 0.15) is 24.2 Å². The van der Waals surface area contributed by atoms with Crippen molar-refractivity contribution in [1.82, 2.24) is 24.4 Å². The Morgan fingerprint density at radius 3 is 2.62 bits per heavy atom.